The standard InChI is InChI=1S/C24H26F3N5O3S/c1-4-32-22(15(2)28-20(33)12-16-8-10-19(35-3)11-9-16)30-31-23(32)36-14-21(34)29-18-7-5-6-17(13-18)24(25,26)27/h5-11,13,15H,4,12,14H2,1-3H3,(H,28,33)(H,29,34). The van der Waals surface area contributed by atoms with E-state index in [1.807, 2.05) is 19.1 Å². The van der Waals surface area contributed by atoms with Gasteiger partial charge in [-0.15, -0.1) is 10.2 Å². The smallest absolute Gasteiger partial charge is 0.416 e. The highest BCUT2D eigenvalue weighted by Crippen LogP contribution is 2.30. The molecule has 1 unspecified atom stereocenters. The number of ether oxygens (including phenoxy) is 1. The third-order valence-electron chi connectivity index (χ3n) is 5.16. The van der Waals surface area contributed by atoms with Gasteiger partial charge >= 0.3 is 6.18 Å². The van der Waals surface area contributed by atoms with Crippen LogP contribution in [0.1, 0.15) is 36.8 Å². The number of benzene rings is 2. The molecule has 0 bridgehead atoms. The molecule has 0 saturated carbocycles. The van der Waals surface area contributed by atoms with E-state index in [4.69, 9.17) is 4.74 Å². The van der Waals surface area contributed by atoms with E-state index < -0.39 is 23.7 Å². The molecule has 0 aliphatic carbocycles. The summed E-state index contributed by atoms with van der Waals surface area (Å²) in [5, 5.41) is 14.1. The third kappa shape index (κ3) is 7.23. The van der Waals surface area contributed by atoms with E-state index >= 15 is 0 Å². The van der Waals surface area contributed by atoms with Crippen LogP contribution in [0.3, 0.4) is 0 Å². The first kappa shape index (κ1) is 27.1. The molecule has 2 aromatic carbocycles. The summed E-state index contributed by atoms with van der Waals surface area (Å²) in [7, 11) is 1.57. The molecule has 1 atom stereocenters. The molecular weight excluding hydrogens is 495 g/mol. The molecular formula is C24H26F3N5O3S. The van der Waals surface area contributed by atoms with Gasteiger partial charge in [-0.2, -0.15) is 13.2 Å². The number of rotatable bonds is 10. The average molecular weight is 522 g/mol. The summed E-state index contributed by atoms with van der Waals surface area (Å²) in [4.78, 5) is 24.8. The fraction of sp³-hybridized carbons (Fsp3) is 0.333. The predicted molar refractivity (Wildman–Crippen MR) is 130 cm³/mol. The first-order chi connectivity index (χ1) is 17.1. The van der Waals surface area contributed by atoms with E-state index in [1.165, 1.54) is 12.1 Å². The number of hydrogen-bond donors (Lipinski definition) is 2. The number of hydrogen-bond acceptors (Lipinski definition) is 6. The van der Waals surface area contributed by atoms with Gasteiger partial charge in [0.25, 0.3) is 0 Å². The average Bonchev–Trinajstić information content (AvgIpc) is 3.26. The van der Waals surface area contributed by atoms with Crippen molar-refractivity contribution in [3.05, 3.63) is 65.5 Å². The molecule has 8 nitrogen and oxygen atoms in total. The number of methoxy groups -OCH3 is 1. The zero-order valence-corrected chi connectivity index (χ0v) is 20.7. The predicted octanol–water partition coefficient (Wildman–Crippen LogP) is 4.48. The minimum atomic E-state index is -4.50. The summed E-state index contributed by atoms with van der Waals surface area (Å²) in [6.07, 6.45) is -4.31. The summed E-state index contributed by atoms with van der Waals surface area (Å²) >= 11 is 1.10. The Kier molecular flexibility index (Phi) is 8.97. The second-order valence-corrected chi connectivity index (χ2v) is 8.76. The molecule has 3 aromatic rings. The second kappa shape index (κ2) is 11.9. The lowest BCUT2D eigenvalue weighted by Gasteiger charge is -2.15. The van der Waals surface area contributed by atoms with E-state index in [-0.39, 0.29) is 23.8 Å². The minimum Gasteiger partial charge on any atom is -0.497 e. The molecule has 0 fully saturated rings. The lowest BCUT2D eigenvalue weighted by molar-refractivity contribution is -0.137. The molecule has 2 N–H and O–H groups in total. The van der Waals surface area contributed by atoms with Crippen LogP contribution in [0.5, 0.6) is 5.75 Å². The Labute approximate surface area is 210 Å². The van der Waals surface area contributed by atoms with Gasteiger partial charge in [0.05, 0.1) is 30.9 Å². The quantitative estimate of drug-likeness (QED) is 0.382. The monoisotopic (exact) mass is 521 g/mol. The lowest BCUT2D eigenvalue weighted by Crippen LogP contribution is -2.30. The van der Waals surface area contributed by atoms with Crippen molar-refractivity contribution >= 4 is 29.3 Å². The zero-order valence-electron chi connectivity index (χ0n) is 19.9. The maximum Gasteiger partial charge on any atom is 0.416 e. The number of aromatic nitrogens is 3. The number of nitrogens with zero attached hydrogens (tertiary/aromatic N) is 3. The Bertz CT molecular complexity index is 1200. The fourth-order valence-corrected chi connectivity index (χ4v) is 4.22. The molecule has 0 radical (unpaired) electrons. The van der Waals surface area contributed by atoms with Crippen molar-refractivity contribution in [1.29, 1.82) is 0 Å². The van der Waals surface area contributed by atoms with Gasteiger partial charge < -0.3 is 19.9 Å². The summed E-state index contributed by atoms with van der Waals surface area (Å²) < 4.78 is 45.5. The molecule has 12 heteroatoms. The van der Waals surface area contributed by atoms with Gasteiger partial charge in [0, 0.05) is 12.2 Å². The topological polar surface area (TPSA) is 98.1 Å². The molecule has 0 aliphatic rings. The van der Waals surface area contributed by atoms with E-state index in [0.717, 1.165) is 29.5 Å². The summed E-state index contributed by atoms with van der Waals surface area (Å²) in [5.41, 5.74) is 0.0492. The van der Waals surface area contributed by atoms with Gasteiger partial charge in [0.1, 0.15) is 5.75 Å². The molecule has 0 spiro atoms. The number of nitrogens with one attached hydrogen (secondary N) is 2. The molecule has 2 amide bonds. The Morgan fingerprint density at radius 1 is 1.11 bits per heavy atom. The molecule has 0 saturated heterocycles. The van der Waals surface area contributed by atoms with Gasteiger partial charge in [-0.3, -0.25) is 9.59 Å². The van der Waals surface area contributed by atoms with Gasteiger partial charge in [-0.05, 0) is 49.7 Å². The second-order valence-electron chi connectivity index (χ2n) is 7.81. The zero-order chi connectivity index (χ0) is 26.3. The molecule has 36 heavy (non-hydrogen) atoms. The fourth-order valence-electron chi connectivity index (χ4n) is 3.41. The van der Waals surface area contributed by atoms with E-state index in [1.54, 1.807) is 30.7 Å². The van der Waals surface area contributed by atoms with Gasteiger partial charge in [-0.25, -0.2) is 0 Å². The van der Waals surface area contributed by atoms with E-state index in [9.17, 15) is 22.8 Å². The van der Waals surface area contributed by atoms with E-state index in [0.29, 0.717) is 23.3 Å². The van der Waals surface area contributed by atoms with Crippen LogP contribution in [0, 0.1) is 0 Å². The largest absolute Gasteiger partial charge is 0.497 e. The number of anilines is 1. The van der Waals surface area contributed by atoms with Crippen LogP contribution in [0.15, 0.2) is 53.7 Å². The minimum absolute atomic E-state index is 0.0567. The molecule has 3 rings (SSSR count). The van der Waals surface area contributed by atoms with Crippen molar-refractivity contribution in [3.63, 3.8) is 0 Å². The lowest BCUT2D eigenvalue weighted by atomic mass is 10.1. The van der Waals surface area contributed by atoms with Crippen LogP contribution in [-0.4, -0.2) is 39.4 Å². The molecule has 1 heterocycles. The van der Waals surface area contributed by atoms with Gasteiger partial charge in [0.15, 0.2) is 11.0 Å². The Morgan fingerprint density at radius 3 is 2.47 bits per heavy atom. The Hall–Kier alpha value is -3.54. The summed E-state index contributed by atoms with van der Waals surface area (Å²) in [6, 6.07) is 11.2. The van der Waals surface area contributed by atoms with Crippen molar-refractivity contribution in [1.82, 2.24) is 20.1 Å². The van der Waals surface area contributed by atoms with Gasteiger partial charge in [0.2, 0.25) is 11.8 Å². The molecule has 1 aromatic heterocycles. The maximum absolute atomic E-state index is 12.9. The van der Waals surface area contributed by atoms with Crippen molar-refractivity contribution in [2.45, 2.75) is 44.2 Å². The van der Waals surface area contributed by atoms with Crippen LogP contribution in [0.4, 0.5) is 18.9 Å². The number of thioether (sulfide) groups is 1. The van der Waals surface area contributed by atoms with Gasteiger partial charge in [-0.1, -0.05) is 30.0 Å². The van der Waals surface area contributed by atoms with Crippen LogP contribution in [0.2, 0.25) is 0 Å². The number of carbonyl (C=O) groups is 2. The molecule has 0 aliphatic heterocycles. The highest BCUT2D eigenvalue weighted by Gasteiger charge is 2.30. The van der Waals surface area contributed by atoms with Crippen LogP contribution in [0.25, 0.3) is 0 Å². The number of carbonyl (C=O) groups excluding carboxylic acids is 2. The first-order valence-corrected chi connectivity index (χ1v) is 12.0. The van der Waals surface area contributed by atoms with Crippen LogP contribution < -0.4 is 15.4 Å². The maximum atomic E-state index is 12.9. The van der Waals surface area contributed by atoms with Crippen molar-refractivity contribution in [2.75, 3.05) is 18.2 Å². The highest BCUT2D eigenvalue weighted by atomic mass is 32.2. The first-order valence-electron chi connectivity index (χ1n) is 11.1. The number of halogens is 3. The van der Waals surface area contributed by atoms with E-state index in [2.05, 4.69) is 20.8 Å². The Morgan fingerprint density at radius 2 is 1.83 bits per heavy atom. The number of amides is 2. The summed E-state index contributed by atoms with van der Waals surface area (Å²) in [5.74, 6) is 0.492. The molecule has 192 valence electrons. The SMILES string of the molecule is CCn1c(SCC(=O)Nc2cccc(C(F)(F)F)c2)nnc1C(C)NC(=O)Cc1ccc(OC)cc1. The number of alkyl halides is 3. The highest BCUT2D eigenvalue weighted by molar-refractivity contribution is 7.99. The normalized spacial score (nSPS) is 12.2. The van der Waals surface area contributed by atoms with Crippen molar-refractivity contribution < 1.29 is 27.5 Å². The van der Waals surface area contributed by atoms with Crippen LogP contribution >= 0.6 is 11.8 Å². The van der Waals surface area contributed by atoms with Crippen LogP contribution in [-0.2, 0) is 28.7 Å². The Balaban J connectivity index is 1.57. The summed E-state index contributed by atoms with van der Waals surface area (Å²) in [6.45, 7) is 4.17. The third-order valence-corrected chi connectivity index (χ3v) is 6.12. The van der Waals surface area contributed by atoms with Crippen molar-refractivity contribution in [2.24, 2.45) is 0 Å². The van der Waals surface area contributed by atoms with Crippen molar-refractivity contribution in [3.8, 4) is 5.75 Å².